The van der Waals surface area contributed by atoms with E-state index in [2.05, 4.69) is 153 Å². The highest BCUT2D eigenvalue weighted by Gasteiger charge is 2.58. The zero-order valence-corrected chi connectivity index (χ0v) is 35.0. The van der Waals surface area contributed by atoms with E-state index in [-0.39, 0.29) is 27.9 Å². The number of aryl methyl sites for hydroxylation is 3. The summed E-state index contributed by atoms with van der Waals surface area (Å²) in [5, 5.41) is 1.29. The van der Waals surface area contributed by atoms with Crippen LogP contribution in [0.1, 0.15) is 134 Å². The van der Waals surface area contributed by atoms with E-state index in [1.54, 1.807) is 7.11 Å². The highest BCUT2D eigenvalue weighted by atomic mass is 16.5. The van der Waals surface area contributed by atoms with E-state index >= 15 is 0 Å². The summed E-state index contributed by atoms with van der Waals surface area (Å²) in [7, 11) is 1.76. The smallest absolute Gasteiger partial charge is 0.297 e. The predicted octanol–water partition coefficient (Wildman–Crippen LogP) is 11.5. The van der Waals surface area contributed by atoms with Gasteiger partial charge in [0.25, 0.3) is 5.65 Å². The quantitative estimate of drug-likeness (QED) is 0.0954. The number of imidazole rings is 1. The van der Waals surface area contributed by atoms with Gasteiger partial charge in [0.15, 0.2) is 11.0 Å². The van der Waals surface area contributed by atoms with E-state index in [9.17, 15) is 0 Å². The maximum Gasteiger partial charge on any atom is 0.297 e. The van der Waals surface area contributed by atoms with Gasteiger partial charge in [-0.25, -0.2) is 4.57 Å². The number of pyridine rings is 2. The van der Waals surface area contributed by atoms with Crippen molar-refractivity contribution in [2.45, 2.75) is 143 Å². The first-order valence-electron chi connectivity index (χ1n) is 19.9. The molecule has 6 rings (SSSR count). The molecule has 0 fully saturated rings. The van der Waals surface area contributed by atoms with Crippen LogP contribution in [0.25, 0.3) is 33.7 Å². The Morgan fingerprint density at radius 3 is 2.23 bits per heavy atom. The van der Waals surface area contributed by atoms with Crippen LogP contribution in [0.2, 0.25) is 0 Å². The molecule has 0 N–H and O–H groups in total. The van der Waals surface area contributed by atoms with Gasteiger partial charge in [-0.3, -0.25) is 4.98 Å². The SMILES string of the molecule is C=Cc1ccc(CCC(=CC(C)OC)OCCC2(CC)c3cc(C(C)(C)C)nc4cc(C(C)(C)C)n5c6cc(C)c(C)cc6[n+](c5c34)C2(C)CC)cc1. The highest BCUT2D eigenvalue weighted by molar-refractivity contribution is 5.98. The lowest BCUT2D eigenvalue weighted by atomic mass is 9.59. The number of hydrogen-bond donors (Lipinski definition) is 0. The fourth-order valence-corrected chi connectivity index (χ4v) is 8.98. The van der Waals surface area contributed by atoms with Gasteiger partial charge in [0.05, 0.1) is 29.4 Å². The minimum absolute atomic E-state index is 0.0369. The fourth-order valence-electron chi connectivity index (χ4n) is 8.98. The minimum Gasteiger partial charge on any atom is -0.498 e. The Hall–Kier alpha value is -3.96. The minimum atomic E-state index is -0.247. The number of benzene rings is 2. The number of allylic oxidation sites excluding steroid dienone is 1. The van der Waals surface area contributed by atoms with Crippen LogP contribution in [0.15, 0.2) is 66.9 Å². The van der Waals surface area contributed by atoms with Gasteiger partial charge in [-0.05, 0) is 105 Å². The first-order valence-corrected chi connectivity index (χ1v) is 19.9. The van der Waals surface area contributed by atoms with Crippen LogP contribution in [-0.2, 0) is 37.7 Å². The normalized spacial score (nSPS) is 19.8. The molecule has 4 heterocycles. The molecule has 0 radical (unpaired) electrons. The Morgan fingerprint density at radius 1 is 0.962 bits per heavy atom. The van der Waals surface area contributed by atoms with E-state index in [4.69, 9.17) is 14.5 Å². The number of rotatable bonds is 12. The molecule has 0 amide bonds. The van der Waals surface area contributed by atoms with Gasteiger partial charge in [-0.2, -0.15) is 4.40 Å². The molecule has 0 saturated carbocycles. The molecule has 5 nitrogen and oxygen atoms in total. The lowest BCUT2D eigenvalue weighted by Gasteiger charge is -2.49. The molecule has 5 aromatic rings. The molecule has 53 heavy (non-hydrogen) atoms. The second kappa shape index (κ2) is 14.0. The first kappa shape index (κ1) is 38.8. The third kappa shape index (κ3) is 6.51. The average molecular weight is 715 g/mol. The number of fused-ring (bicyclic) bond motifs is 3. The second-order valence-corrected chi connectivity index (χ2v) is 17.9. The summed E-state index contributed by atoms with van der Waals surface area (Å²) in [4.78, 5) is 5.51. The number of ether oxygens (including phenoxy) is 2. The van der Waals surface area contributed by atoms with Gasteiger partial charge in [0.1, 0.15) is 11.2 Å². The van der Waals surface area contributed by atoms with Gasteiger partial charge in [-0.15, -0.1) is 0 Å². The van der Waals surface area contributed by atoms with Crippen molar-refractivity contribution in [2.24, 2.45) is 0 Å². The van der Waals surface area contributed by atoms with Crippen molar-refractivity contribution >= 4 is 33.7 Å². The molecular weight excluding hydrogens is 651 g/mol. The lowest BCUT2D eigenvalue weighted by Crippen LogP contribution is -2.67. The molecular formula is C48H64N3O2+. The molecule has 0 spiro atoms. The third-order valence-corrected chi connectivity index (χ3v) is 12.6. The van der Waals surface area contributed by atoms with Gasteiger partial charge in [0, 0.05) is 41.5 Å². The van der Waals surface area contributed by atoms with Crippen molar-refractivity contribution in [1.82, 2.24) is 9.38 Å². The zero-order chi connectivity index (χ0) is 38.7. The van der Waals surface area contributed by atoms with Gasteiger partial charge < -0.3 is 9.47 Å². The Labute approximate surface area is 319 Å². The van der Waals surface area contributed by atoms with Crippen LogP contribution >= 0.6 is 0 Å². The average Bonchev–Trinajstić information content (AvgIpc) is 3.44. The van der Waals surface area contributed by atoms with Crippen molar-refractivity contribution in [3.8, 4) is 0 Å². The standard InChI is InChI=1S/C48H64N3O2/c1-15-34-18-20-35(21-19-34)22-23-36(28-33(6)52-14)53-25-24-48(17-3)37-29-41(45(7,8)9)49-38-30-42(46(10,11)12)50-39-26-31(4)32(5)27-40(39)51(44(50)43(37)38)47(48,13)16-2/h15,18-21,26-30,33H,1,16-17,22-25H2,2-14H3/q+1. The third-order valence-electron chi connectivity index (χ3n) is 12.6. The molecule has 3 unspecified atom stereocenters. The largest absolute Gasteiger partial charge is 0.498 e. The van der Waals surface area contributed by atoms with E-state index in [0.29, 0.717) is 6.61 Å². The molecule has 1 aliphatic rings. The number of methoxy groups -OCH3 is 1. The summed E-state index contributed by atoms with van der Waals surface area (Å²) in [6.45, 7) is 32.3. The summed E-state index contributed by atoms with van der Waals surface area (Å²) < 4.78 is 17.9. The molecule has 3 atom stereocenters. The van der Waals surface area contributed by atoms with Crippen molar-refractivity contribution in [3.05, 3.63) is 106 Å². The lowest BCUT2D eigenvalue weighted by molar-refractivity contribution is -0.729. The number of hydrogen-bond acceptors (Lipinski definition) is 3. The summed E-state index contributed by atoms with van der Waals surface area (Å²) in [5.74, 6) is 0.994. The van der Waals surface area contributed by atoms with Crippen LogP contribution in [0.3, 0.4) is 0 Å². The summed E-state index contributed by atoms with van der Waals surface area (Å²) in [5.41, 5.74) is 13.2. The topological polar surface area (TPSA) is 39.6 Å². The van der Waals surface area contributed by atoms with Crippen LogP contribution < -0.4 is 4.57 Å². The molecule has 1 aliphatic heterocycles. The highest BCUT2D eigenvalue weighted by Crippen LogP contribution is 2.53. The number of nitrogens with zero attached hydrogens (tertiary/aromatic N) is 3. The summed E-state index contributed by atoms with van der Waals surface area (Å²) >= 11 is 0. The van der Waals surface area contributed by atoms with Crippen LogP contribution in [-0.4, -0.2) is 29.2 Å². The van der Waals surface area contributed by atoms with Crippen LogP contribution in [0, 0.1) is 13.8 Å². The van der Waals surface area contributed by atoms with Gasteiger partial charge >= 0.3 is 0 Å². The molecule has 5 heteroatoms. The molecule has 0 saturated heterocycles. The molecule has 2 aromatic carbocycles. The Morgan fingerprint density at radius 2 is 1.64 bits per heavy atom. The van der Waals surface area contributed by atoms with Crippen molar-refractivity contribution < 1.29 is 14.0 Å². The predicted molar refractivity (Wildman–Crippen MR) is 223 cm³/mol. The second-order valence-electron chi connectivity index (χ2n) is 17.9. The zero-order valence-electron chi connectivity index (χ0n) is 35.0. The monoisotopic (exact) mass is 714 g/mol. The molecule has 3 aromatic heterocycles. The van der Waals surface area contributed by atoms with Gasteiger partial charge in [-0.1, -0.05) is 92.3 Å². The Bertz CT molecular complexity index is 2210. The van der Waals surface area contributed by atoms with Crippen LogP contribution in [0.4, 0.5) is 0 Å². The maximum absolute atomic E-state index is 6.91. The maximum atomic E-state index is 6.91. The Balaban J connectivity index is 1.56. The fraction of sp³-hybridized carbons (Fsp3) is 0.500. The van der Waals surface area contributed by atoms with Crippen LogP contribution in [0.5, 0.6) is 0 Å². The van der Waals surface area contributed by atoms with E-state index in [0.717, 1.165) is 54.6 Å². The van der Waals surface area contributed by atoms with E-state index in [1.165, 1.54) is 50.0 Å². The summed E-state index contributed by atoms with van der Waals surface area (Å²) in [6.07, 6.45) is 8.56. The van der Waals surface area contributed by atoms with E-state index < -0.39 is 0 Å². The first-order chi connectivity index (χ1) is 24.9. The van der Waals surface area contributed by atoms with E-state index in [1.807, 2.05) is 6.08 Å². The molecule has 0 aliphatic carbocycles. The van der Waals surface area contributed by atoms with Crippen molar-refractivity contribution in [3.63, 3.8) is 0 Å². The number of aromatic nitrogens is 3. The Kier molecular flexibility index (Phi) is 10.3. The molecule has 282 valence electrons. The van der Waals surface area contributed by atoms with Crippen molar-refractivity contribution in [2.75, 3.05) is 13.7 Å². The van der Waals surface area contributed by atoms with Gasteiger partial charge in [0.2, 0.25) is 0 Å². The van der Waals surface area contributed by atoms with Crippen molar-refractivity contribution in [1.29, 1.82) is 0 Å². The molecule has 0 bridgehead atoms. The summed E-state index contributed by atoms with van der Waals surface area (Å²) in [6, 6.07) is 18.4.